The second-order valence-corrected chi connectivity index (χ2v) is 13.9. The molecule has 1 N–H and O–H groups in total. The lowest BCUT2D eigenvalue weighted by Gasteiger charge is -2.32. The normalized spacial score (nSPS) is 21.7. The van der Waals surface area contributed by atoms with Gasteiger partial charge in [-0.25, -0.2) is 8.42 Å². The summed E-state index contributed by atoms with van der Waals surface area (Å²) in [6.07, 6.45) is 7.32. The lowest BCUT2D eigenvalue weighted by molar-refractivity contribution is -0.137. The van der Waals surface area contributed by atoms with Gasteiger partial charge < -0.3 is 15.1 Å². The highest BCUT2D eigenvalue weighted by molar-refractivity contribution is 7.90. The molecule has 0 bridgehead atoms. The van der Waals surface area contributed by atoms with Gasteiger partial charge in [-0.15, -0.1) is 0 Å². The number of amides is 2. The fourth-order valence-electron chi connectivity index (χ4n) is 6.41. The molecule has 3 saturated heterocycles. The molecule has 3 aliphatic rings. The largest absolute Gasteiger partial charge is 0.338 e. The zero-order valence-corrected chi connectivity index (χ0v) is 25.2. The van der Waals surface area contributed by atoms with E-state index in [4.69, 9.17) is 0 Å². The molecule has 9 heteroatoms. The van der Waals surface area contributed by atoms with E-state index in [1.165, 1.54) is 11.8 Å². The van der Waals surface area contributed by atoms with Crippen LogP contribution in [0.15, 0.2) is 84.0 Å². The minimum Gasteiger partial charge on any atom is -0.338 e. The van der Waals surface area contributed by atoms with Crippen molar-refractivity contribution in [1.29, 1.82) is 0 Å². The number of rotatable bonds is 5. The van der Waals surface area contributed by atoms with E-state index >= 15 is 0 Å². The number of carbonyl (C=O) groups excluding carboxylic acids is 2. The molecular weight excluding hydrogens is 548 g/mol. The summed E-state index contributed by atoms with van der Waals surface area (Å²) in [5, 5.41) is 3.31. The molecule has 2 atom stereocenters. The van der Waals surface area contributed by atoms with Crippen LogP contribution in [0.5, 0.6) is 0 Å². The average molecular weight is 589 g/mol. The van der Waals surface area contributed by atoms with Gasteiger partial charge in [-0.1, -0.05) is 49.4 Å². The van der Waals surface area contributed by atoms with Crippen molar-refractivity contribution in [2.45, 2.75) is 43.5 Å². The zero-order valence-electron chi connectivity index (χ0n) is 24.4. The molecule has 3 aliphatic heterocycles. The van der Waals surface area contributed by atoms with Crippen molar-refractivity contribution in [1.82, 2.24) is 20.1 Å². The number of nitrogens with zero attached hydrogens (tertiary/aromatic N) is 3. The predicted molar refractivity (Wildman–Crippen MR) is 163 cm³/mol. The van der Waals surface area contributed by atoms with E-state index in [2.05, 4.69) is 41.5 Å². The smallest absolute Gasteiger partial charge is 0.255 e. The monoisotopic (exact) mass is 588 g/mol. The first-order valence-electron chi connectivity index (χ1n) is 14.7. The molecule has 222 valence electrons. The van der Waals surface area contributed by atoms with Crippen LogP contribution in [0.25, 0.3) is 0 Å². The maximum Gasteiger partial charge on any atom is 0.255 e. The number of carbonyl (C=O) groups is 2. The van der Waals surface area contributed by atoms with Crippen LogP contribution in [0.4, 0.5) is 0 Å². The lowest BCUT2D eigenvalue weighted by atomic mass is 9.78. The molecule has 2 aromatic carbocycles. The summed E-state index contributed by atoms with van der Waals surface area (Å²) in [6.45, 7) is 7.02. The number of aromatic nitrogens is 1. The molecule has 6 rings (SSSR count). The van der Waals surface area contributed by atoms with Gasteiger partial charge in [-0.2, -0.15) is 0 Å². The molecule has 1 aromatic heterocycles. The zero-order chi connectivity index (χ0) is 29.7. The van der Waals surface area contributed by atoms with Gasteiger partial charge in [-0.3, -0.25) is 14.6 Å². The van der Waals surface area contributed by atoms with Crippen molar-refractivity contribution >= 4 is 21.7 Å². The summed E-state index contributed by atoms with van der Waals surface area (Å²) in [6, 6.07) is 20.9. The van der Waals surface area contributed by atoms with Gasteiger partial charge in [-0.05, 0) is 73.7 Å². The Kier molecular flexibility index (Phi) is 9.08. The van der Waals surface area contributed by atoms with E-state index in [9.17, 15) is 18.0 Å². The lowest BCUT2D eigenvalue weighted by Crippen LogP contribution is -2.42. The highest BCUT2D eigenvalue weighted by Gasteiger charge is 2.46. The first kappa shape index (κ1) is 29.9. The third-order valence-electron chi connectivity index (χ3n) is 8.92. The molecule has 42 heavy (non-hydrogen) atoms. The second kappa shape index (κ2) is 12.8. The Labute approximate surface area is 249 Å². The van der Waals surface area contributed by atoms with Gasteiger partial charge >= 0.3 is 0 Å². The summed E-state index contributed by atoms with van der Waals surface area (Å²) in [7, 11) is -3.17. The van der Waals surface area contributed by atoms with E-state index in [1.54, 1.807) is 42.7 Å². The molecule has 2 amide bonds. The Balaban J connectivity index is 0.000000169. The van der Waals surface area contributed by atoms with E-state index in [-0.39, 0.29) is 17.2 Å². The van der Waals surface area contributed by atoms with Crippen molar-refractivity contribution in [2.24, 2.45) is 11.3 Å². The van der Waals surface area contributed by atoms with E-state index < -0.39 is 9.84 Å². The summed E-state index contributed by atoms with van der Waals surface area (Å²) >= 11 is 0. The molecule has 1 unspecified atom stereocenters. The van der Waals surface area contributed by atoms with Gasteiger partial charge in [0.2, 0.25) is 5.91 Å². The third-order valence-corrected chi connectivity index (χ3v) is 10.1. The summed E-state index contributed by atoms with van der Waals surface area (Å²) in [4.78, 5) is 33.4. The van der Waals surface area contributed by atoms with Crippen molar-refractivity contribution in [2.75, 3.05) is 39.0 Å². The maximum absolute atomic E-state index is 12.7. The first-order chi connectivity index (χ1) is 20.2. The van der Waals surface area contributed by atoms with Gasteiger partial charge in [0.25, 0.3) is 5.91 Å². The second-order valence-electron chi connectivity index (χ2n) is 11.9. The van der Waals surface area contributed by atoms with E-state index in [0.717, 1.165) is 57.5 Å². The Morgan fingerprint density at radius 3 is 2.33 bits per heavy atom. The molecule has 3 fully saturated rings. The highest BCUT2D eigenvalue weighted by Crippen LogP contribution is 2.40. The number of benzene rings is 2. The predicted octanol–water partition coefficient (Wildman–Crippen LogP) is 4.15. The van der Waals surface area contributed by atoms with Gasteiger partial charge in [0, 0.05) is 50.7 Å². The molecule has 1 spiro atoms. The molecule has 0 aliphatic carbocycles. The fourth-order valence-corrected chi connectivity index (χ4v) is 7.04. The SMILES string of the molecule is CS(=O)(=O)c1ccc(CN2CCC3(CCNCC3)C2=O)cc1.C[C@H]1CN(C(=O)c2cccnc2)CC1c1ccccc1. The van der Waals surface area contributed by atoms with Crippen LogP contribution in [-0.4, -0.2) is 74.0 Å². The Morgan fingerprint density at radius 2 is 1.69 bits per heavy atom. The van der Waals surface area contributed by atoms with Crippen molar-refractivity contribution in [3.05, 3.63) is 95.8 Å². The van der Waals surface area contributed by atoms with Crippen molar-refractivity contribution in [3.63, 3.8) is 0 Å². The van der Waals surface area contributed by atoms with Crippen LogP contribution < -0.4 is 5.32 Å². The van der Waals surface area contributed by atoms with Gasteiger partial charge in [0.05, 0.1) is 15.9 Å². The number of hydrogen-bond donors (Lipinski definition) is 1. The number of pyridine rings is 1. The summed E-state index contributed by atoms with van der Waals surface area (Å²) in [5.74, 6) is 1.26. The van der Waals surface area contributed by atoms with Crippen LogP contribution in [0.2, 0.25) is 0 Å². The van der Waals surface area contributed by atoms with Gasteiger partial charge in [0.15, 0.2) is 9.84 Å². The standard InChI is InChI=1S/C17H18N2O.C16H22N2O3S/c1-13-11-19(17(20)15-8-5-9-18-10-15)12-16(13)14-6-3-2-4-7-14;1-22(20,21)14-4-2-13(3-5-14)12-18-11-8-16(15(18)19)6-9-17-10-7-16/h2-10,13,16H,11-12H2,1H3;2-5,17H,6-12H2,1H3/t13-,16?;/m0./s1. The highest BCUT2D eigenvalue weighted by atomic mass is 32.2. The quantitative estimate of drug-likeness (QED) is 0.481. The van der Waals surface area contributed by atoms with Crippen LogP contribution in [0.3, 0.4) is 0 Å². The molecule has 8 nitrogen and oxygen atoms in total. The average Bonchev–Trinajstić information content (AvgIpc) is 3.54. The van der Waals surface area contributed by atoms with E-state index in [0.29, 0.717) is 28.8 Å². The molecule has 0 radical (unpaired) electrons. The number of nitrogens with one attached hydrogen (secondary N) is 1. The fraction of sp³-hybridized carbons (Fsp3) is 0.424. The van der Waals surface area contributed by atoms with Gasteiger partial charge in [0.1, 0.15) is 0 Å². The molecule has 3 aromatic rings. The topological polar surface area (TPSA) is 99.7 Å². The molecule has 4 heterocycles. The van der Waals surface area contributed by atoms with Crippen molar-refractivity contribution < 1.29 is 18.0 Å². The van der Waals surface area contributed by atoms with Crippen LogP contribution >= 0.6 is 0 Å². The van der Waals surface area contributed by atoms with Crippen LogP contribution in [-0.2, 0) is 21.2 Å². The van der Waals surface area contributed by atoms with Crippen LogP contribution in [0.1, 0.15) is 53.6 Å². The summed E-state index contributed by atoms with van der Waals surface area (Å²) in [5.41, 5.74) is 2.82. The Hall–Kier alpha value is -3.56. The number of piperidine rings is 1. The number of hydrogen-bond acceptors (Lipinski definition) is 6. The molecular formula is C33H40N4O4S. The Bertz CT molecular complexity index is 1470. The summed E-state index contributed by atoms with van der Waals surface area (Å²) < 4.78 is 22.9. The van der Waals surface area contributed by atoms with E-state index in [1.807, 2.05) is 21.9 Å². The van der Waals surface area contributed by atoms with Crippen molar-refractivity contribution in [3.8, 4) is 0 Å². The first-order valence-corrected chi connectivity index (χ1v) is 16.6. The van der Waals surface area contributed by atoms with Crippen LogP contribution in [0, 0.1) is 11.3 Å². The molecule has 0 saturated carbocycles. The minimum atomic E-state index is -3.17. The number of sulfone groups is 1. The number of likely N-dealkylation sites (tertiary alicyclic amines) is 2. The third kappa shape index (κ3) is 6.73. The Morgan fingerprint density at radius 1 is 0.976 bits per heavy atom. The maximum atomic E-state index is 12.7. The minimum absolute atomic E-state index is 0.0865.